The minimum absolute atomic E-state index is 0.0233. The molecule has 1 saturated carbocycles. The first-order valence-corrected chi connectivity index (χ1v) is 12.2. The van der Waals surface area contributed by atoms with E-state index in [-0.39, 0.29) is 17.9 Å². The molecule has 5 heterocycles. The summed E-state index contributed by atoms with van der Waals surface area (Å²) in [6.45, 7) is 7.25. The third kappa shape index (κ3) is 4.25. The first-order valence-electron chi connectivity index (χ1n) is 12.2. The Labute approximate surface area is 202 Å². The first kappa shape index (κ1) is 21.7. The van der Waals surface area contributed by atoms with E-state index in [0.717, 1.165) is 66.0 Å². The molecule has 0 radical (unpaired) electrons. The van der Waals surface area contributed by atoms with Crippen molar-refractivity contribution in [1.29, 1.82) is 0 Å². The molecule has 0 aromatic carbocycles. The van der Waals surface area contributed by atoms with Crippen LogP contribution in [0.15, 0.2) is 36.8 Å². The van der Waals surface area contributed by atoms with Crippen molar-refractivity contribution < 1.29 is 9.53 Å². The standard InChI is InChI=1S/C25H28N8O2/c1-3-26-23-19-11-27-21(29-25(34)16-4-5-16)10-18(19)20(12-28-23)24-30-22-7-6-17(14-33(22)31-24)32-8-9-35-15(2)13-32/h6-7,10-12,14-16H,3-5,8-9,13H2,1-2H3,(H,26,28)(H,27,29,34)/t15-/m0/s1. The number of rotatable bonds is 6. The number of carbonyl (C=O) groups excluding carboxylic acids is 1. The number of carbonyl (C=O) groups is 1. The number of aromatic nitrogens is 5. The fourth-order valence-corrected chi connectivity index (χ4v) is 4.49. The first-order chi connectivity index (χ1) is 17.1. The number of hydrogen-bond acceptors (Lipinski definition) is 8. The van der Waals surface area contributed by atoms with Crippen molar-refractivity contribution in [2.45, 2.75) is 32.8 Å². The maximum atomic E-state index is 12.3. The lowest BCUT2D eigenvalue weighted by Crippen LogP contribution is -2.41. The molecule has 35 heavy (non-hydrogen) atoms. The smallest absolute Gasteiger partial charge is 0.228 e. The van der Waals surface area contributed by atoms with Gasteiger partial charge in [0, 0.05) is 54.3 Å². The summed E-state index contributed by atoms with van der Waals surface area (Å²) in [4.78, 5) is 28.5. The number of amides is 1. The monoisotopic (exact) mass is 472 g/mol. The zero-order valence-electron chi connectivity index (χ0n) is 19.9. The Bertz CT molecular complexity index is 1410. The number of fused-ring (bicyclic) bond motifs is 2. The Balaban J connectivity index is 1.40. The second-order valence-corrected chi connectivity index (χ2v) is 9.18. The molecule has 180 valence electrons. The molecular weight excluding hydrogens is 444 g/mol. The molecule has 4 aromatic rings. The van der Waals surface area contributed by atoms with E-state index < -0.39 is 0 Å². The van der Waals surface area contributed by atoms with Gasteiger partial charge in [-0.1, -0.05) is 0 Å². The van der Waals surface area contributed by atoms with Crippen LogP contribution in [0.2, 0.25) is 0 Å². The van der Waals surface area contributed by atoms with Crippen molar-refractivity contribution in [3.63, 3.8) is 0 Å². The summed E-state index contributed by atoms with van der Waals surface area (Å²) in [5.41, 5.74) is 2.63. The van der Waals surface area contributed by atoms with E-state index in [2.05, 4.69) is 38.5 Å². The van der Waals surface area contributed by atoms with Gasteiger partial charge in [0.25, 0.3) is 0 Å². The minimum atomic E-state index is 0.0233. The summed E-state index contributed by atoms with van der Waals surface area (Å²) in [5.74, 6) is 1.97. The third-order valence-electron chi connectivity index (χ3n) is 6.48. The predicted octanol–water partition coefficient (Wildman–Crippen LogP) is 3.34. The third-order valence-corrected chi connectivity index (χ3v) is 6.48. The van der Waals surface area contributed by atoms with E-state index >= 15 is 0 Å². The average molecular weight is 473 g/mol. The molecule has 1 aliphatic carbocycles. The molecule has 4 aromatic heterocycles. The van der Waals surface area contributed by atoms with Gasteiger partial charge < -0.3 is 20.3 Å². The normalized spacial score (nSPS) is 18.2. The van der Waals surface area contributed by atoms with E-state index in [0.29, 0.717) is 18.2 Å². The lowest BCUT2D eigenvalue weighted by molar-refractivity contribution is -0.117. The van der Waals surface area contributed by atoms with Crippen LogP contribution in [0.3, 0.4) is 0 Å². The number of ether oxygens (including phenoxy) is 1. The number of nitrogens with one attached hydrogen (secondary N) is 2. The van der Waals surface area contributed by atoms with Crippen LogP contribution in [0.25, 0.3) is 27.8 Å². The molecular formula is C25H28N8O2. The second-order valence-electron chi connectivity index (χ2n) is 9.18. The highest BCUT2D eigenvalue weighted by Gasteiger charge is 2.30. The van der Waals surface area contributed by atoms with Crippen molar-refractivity contribution >= 4 is 39.6 Å². The van der Waals surface area contributed by atoms with Gasteiger partial charge in [-0.2, -0.15) is 0 Å². The van der Waals surface area contributed by atoms with E-state index in [1.807, 2.05) is 29.8 Å². The van der Waals surface area contributed by atoms with Gasteiger partial charge in [0.1, 0.15) is 11.6 Å². The summed E-state index contributed by atoms with van der Waals surface area (Å²) >= 11 is 0. The van der Waals surface area contributed by atoms with Gasteiger partial charge >= 0.3 is 0 Å². The van der Waals surface area contributed by atoms with Gasteiger partial charge in [-0.3, -0.25) is 4.79 Å². The lowest BCUT2D eigenvalue weighted by Gasteiger charge is -2.32. The van der Waals surface area contributed by atoms with Crippen LogP contribution >= 0.6 is 0 Å². The summed E-state index contributed by atoms with van der Waals surface area (Å²) in [7, 11) is 0. The Morgan fingerprint density at radius 3 is 2.89 bits per heavy atom. The van der Waals surface area contributed by atoms with Gasteiger partial charge in [-0.15, -0.1) is 5.10 Å². The molecule has 10 nitrogen and oxygen atoms in total. The van der Waals surface area contributed by atoms with E-state index in [1.165, 1.54) is 0 Å². The van der Waals surface area contributed by atoms with Crippen molar-refractivity contribution in [1.82, 2.24) is 24.6 Å². The minimum Gasteiger partial charge on any atom is -0.375 e. The Kier molecular flexibility index (Phi) is 5.44. The number of hydrogen-bond donors (Lipinski definition) is 2. The van der Waals surface area contributed by atoms with Crippen LogP contribution in [0.5, 0.6) is 0 Å². The maximum absolute atomic E-state index is 12.3. The Morgan fingerprint density at radius 1 is 1.20 bits per heavy atom. The molecule has 2 aliphatic rings. The van der Waals surface area contributed by atoms with Crippen molar-refractivity contribution in [3.8, 4) is 11.4 Å². The molecule has 10 heteroatoms. The van der Waals surface area contributed by atoms with Crippen molar-refractivity contribution in [2.75, 3.05) is 41.8 Å². The number of pyridine rings is 3. The van der Waals surface area contributed by atoms with Crippen LogP contribution in [0, 0.1) is 5.92 Å². The van der Waals surface area contributed by atoms with Crippen LogP contribution in [0.1, 0.15) is 26.7 Å². The molecule has 1 atom stereocenters. The summed E-state index contributed by atoms with van der Waals surface area (Å²) in [6.07, 6.45) is 7.62. The quantitative estimate of drug-likeness (QED) is 0.440. The molecule has 0 bridgehead atoms. The lowest BCUT2D eigenvalue weighted by atomic mass is 10.1. The van der Waals surface area contributed by atoms with Crippen molar-refractivity contribution in [2.24, 2.45) is 5.92 Å². The van der Waals surface area contributed by atoms with Crippen molar-refractivity contribution in [3.05, 3.63) is 36.8 Å². The highest BCUT2D eigenvalue weighted by atomic mass is 16.5. The molecule has 1 aliphatic heterocycles. The fourth-order valence-electron chi connectivity index (χ4n) is 4.49. The summed E-state index contributed by atoms with van der Waals surface area (Å²) in [5, 5.41) is 12.8. The zero-order chi connectivity index (χ0) is 23.9. The van der Waals surface area contributed by atoms with Gasteiger partial charge in [0.15, 0.2) is 11.5 Å². The molecule has 2 fully saturated rings. The average Bonchev–Trinajstić information content (AvgIpc) is 3.63. The highest BCUT2D eigenvalue weighted by Crippen LogP contribution is 2.33. The van der Waals surface area contributed by atoms with Gasteiger partial charge in [0.2, 0.25) is 5.91 Å². The van der Waals surface area contributed by atoms with Gasteiger partial charge in [0.05, 0.1) is 24.6 Å². The Morgan fingerprint density at radius 2 is 2.09 bits per heavy atom. The summed E-state index contributed by atoms with van der Waals surface area (Å²) in [6, 6.07) is 5.95. The molecule has 6 rings (SSSR count). The maximum Gasteiger partial charge on any atom is 0.228 e. The fraction of sp³-hybridized carbons (Fsp3) is 0.400. The second kappa shape index (κ2) is 8.77. The molecule has 0 unspecified atom stereocenters. The molecule has 2 N–H and O–H groups in total. The topological polar surface area (TPSA) is 110 Å². The highest BCUT2D eigenvalue weighted by molar-refractivity contribution is 6.03. The van der Waals surface area contributed by atoms with E-state index in [1.54, 1.807) is 12.4 Å². The van der Waals surface area contributed by atoms with Crippen LogP contribution in [0.4, 0.5) is 17.3 Å². The molecule has 1 saturated heterocycles. The van der Waals surface area contributed by atoms with Gasteiger partial charge in [-0.05, 0) is 44.9 Å². The van der Waals surface area contributed by atoms with Crippen LogP contribution in [-0.4, -0.2) is 62.8 Å². The predicted molar refractivity (Wildman–Crippen MR) is 135 cm³/mol. The SMILES string of the molecule is CCNc1ncc(-c2nc3ccc(N4CCO[C@@H](C)C4)cn3n2)c2cc(NC(=O)C3CC3)ncc12. The summed E-state index contributed by atoms with van der Waals surface area (Å²) < 4.78 is 7.49. The number of anilines is 3. The Hall–Kier alpha value is -3.79. The number of morpholine rings is 1. The zero-order valence-corrected chi connectivity index (χ0v) is 19.9. The van der Waals surface area contributed by atoms with Gasteiger partial charge in [-0.25, -0.2) is 19.5 Å². The van der Waals surface area contributed by atoms with Crippen LogP contribution < -0.4 is 15.5 Å². The number of nitrogens with zero attached hydrogens (tertiary/aromatic N) is 6. The molecule has 1 amide bonds. The largest absolute Gasteiger partial charge is 0.375 e. The molecule has 0 spiro atoms. The van der Waals surface area contributed by atoms with Crippen LogP contribution in [-0.2, 0) is 9.53 Å². The van der Waals surface area contributed by atoms with E-state index in [9.17, 15) is 4.79 Å². The van der Waals surface area contributed by atoms with E-state index in [4.69, 9.17) is 14.8 Å².